The number of hydrogen-bond donors (Lipinski definition) is 2. The van der Waals surface area contributed by atoms with Gasteiger partial charge in [-0.05, 0) is 12.5 Å². The smallest absolute Gasteiger partial charge is 0.320 e. The molecule has 1 aliphatic heterocycles. The maximum Gasteiger partial charge on any atom is 0.320 e. The third kappa shape index (κ3) is 7.49. The van der Waals surface area contributed by atoms with Crippen molar-refractivity contribution < 1.29 is 32.2 Å². The summed E-state index contributed by atoms with van der Waals surface area (Å²) < 4.78 is 37.8. The number of amides is 1. The van der Waals surface area contributed by atoms with Crippen molar-refractivity contribution in [3.63, 3.8) is 0 Å². The van der Waals surface area contributed by atoms with Gasteiger partial charge in [0.05, 0.1) is 36.6 Å². The molecule has 1 aromatic heterocycles. The largest absolute Gasteiger partial charge is 0.480 e. The lowest BCUT2D eigenvalue weighted by molar-refractivity contribution is -0.145. The number of ether oxygens (including phenoxy) is 3. The molecule has 1 aliphatic rings. The molecular weight excluding hydrogens is 452 g/mol. The van der Waals surface area contributed by atoms with Gasteiger partial charge >= 0.3 is 5.97 Å². The number of aromatic nitrogens is 1. The summed E-state index contributed by atoms with van der Waals surface area (Å²) >= 11 is 5.98. The molecule has 0 spiro atoms. The van der Waals surface area contributed by atoms with Crippen LogP contribution in [0.5, 0.6) is 5.88 Å². The highest BCUT2D eigenvalue weighted by molar-refractivity contribution is 7.90. The van der Waals surface area contributed by atoms with Crippen LogP contribution in [0.2, 0.25) is 5.02 Å². The number of nitrogen functional groups attached to an aromatic ring is 1. The first-order chi connectivity index (χ1) is 14.5. The number of sulfone groups is 1. The molecule has 0 aliphatic carbocycles. The molecule has 13 heteroatoms. The Bertz CT molecular complexity index is 912. The highest BCUT2D eigenvalue weighted by Crippen LogP contribution is 2.25. The van der Waals surface area contributed by atoms with Crippen LogP contribution in [0.15, 0.2) is 6.07 Å². The second-order valence-electron chi connectivity index (χ2n) is 7.14. The molecule has 2 rings (SSSR count). The summed E-state index contributed by atoms with van der Waals surface area (Å²) in [5, 5.41) is 3.03. The molecule has 3 N–H and O–H groups in total. The van der Waals surface area contributed by atoms with E-state index in [1.165, 1.54) is 20.3 Å². The predicted molar refractivity (Wildman–Crippen MR) is 114 cm³/mol. The molecular formula is C18H27ClN4O7S. The minimum Gasteiger partial charge on any atom is -0.480 e. The molecule has 1 fully saturated rings. The first-order valence-corrected chi connectivity index (χ1v) is 11.9. The lowest BCUT2D eigenvalue weighted by Crippen LogP contribution is -2.55. The van der Waals surface area contributed by atoms with Gasteiger partial charge in [0.25, 0.3) is 5.91 Å². The maximum absolute atomic E-state index is 12.8. The quantitative estimate of drug-likeness (QED) is 0.454. The van der Waals surface area contributed by atoms with Crippen LogP contribution in [0.1, 0.15) is 16.8 Å². The number of piperidine rings is 1. The second-order valence-corrected chi connectivity index (χ2v) is 9.81. The lowest BCUT2D eigenvalue weighted by atomic mass is 10.0. The summed E-state index contributed by atoms with van der Waals surface area (Å²) in [6, 6.07) is 1.07. The third-order valence-corrected chi connectivity index (χ3v) is 5.95. The molecule has 0 bridgehead atoms. The van der Waals surface area contributed by atoms with E-state index in [-0.39, 0.29) is 53.3 Å². The van der Waals surface area contributed by atoms with E-state index in [1.54, 1.807) is 0 Å². The highest BCUT2D eigenvalue weighted by Gasteiger charge is 2.32. The number of carbonyl (C=O) groups excluding carboxylic acids is 2. The lowest BCUT2D eigenvalue weighted by Gasteiger charge is -2.37. The molecule has 31 heavy (non-hydrogen) atoms. The molecule has 0 unspecified atom stereocenters. The van der Waals surface area contributed by atoms with Gasteiger partial charge in [0.1, 0.15) is 18.0 Å². The summed E-state index contributed by atoms with van der Waals surface area (Å²) in [6.45, 7) is 0.692. The first-order valence-electron chi connectivity index (χ1n) is 9.43. The van der Waals surface area contributed by atoms with E-state index in [2.05, 4.69) is 10.3 Å². The van der Waals surface area contributed by atoms with E-state index < -0.39 is 21.7 Å². The zero-order valence-electron chi connectivity index (χ0n) is 17.6. The van der Waals surface area contributed by atoms with E-state index in [9.17, 15) is 18.0 Å². The van der Waals surface area contributed by atoms with E-state index >= 15 is 0 Å². The van der Waals surface area contributed by atoms with E-state index in [4.69, 9.17) is 31.5 Å². The number of carbonyl (C=O) groups is 2. The topological polar surface area (TPSA) is 150 Å². The maximum atomic E-state index is 12.8. The standard InChI is InChI=1S/C18H27ClN4O7S/c1-28-14-9-23(10-15(24)30-6-7-31(3,26)27)5-4-13(14)21-17(25)11-8-12(19)16(20)22-18(11)29-2/h8,13-14H,4-7,9-10H2,1-3H3,(H2,20,22)(H,21,25)/t13-,14+/m0/s1. The zero-order chi connectivity index (χ0) is 23.2. The van der Waals surface area contributed by atoms with Crippen molar-refractivity contribution in [3.05, 3.63) is 16.7 Å². The van der Waals surface area contributed by atoms with Crippen molar-refractivity contribution >= 4 is 39.1 Å². The minimum absolute atomic E-state index is 0.00436. The summed E-state index contributed by atoms with van der Waals surface area (Å²) in [5.41, 5.74) is 5.80. The van der Waals surface area contributed by atoms with Gasteiger partial charge in [-0.25, -0.2) is 8.42 Å². The summed E-state index contributed by atoms with van der Waals surface area (Å²) in [7, 11) is -0.310. The normalized spacial score (nSPS) is 19.6. The molecule has 11 nitrogen and oxygen atoms in total. The fourth-order valence-corrected chi connectivity index (χ4v) is 3.65. The summed E-state index contributed by atoms with van der Waals surface area (Å²) in [5.74, 6) is -1.06. The van der Waals surface area contributed by atoms with Gasteiger partial charge in [-0.3, -0.25) is 14.5 Å². The van der Waals surface area contributed by atoms with Gasteiger partial charge in [-0.2, -0.15) is 4.98 Å². The zero-order valence-corrected chi connectivity index (χ0v) is 19.2. The number of nitrogens with zero attached hydrogens (tertiary/aromatic N) is 2. The van der Waals surface area contributed by atoms with Crippen molar-refractivity contribution in [1.82, 2.24) is 15.2 Å². The van der Waals surface area contributed by atoms with Crippen molar-refractivity contribution in [2.45, 2.75) is 18.6 Å². The number of rotatable bonds is 9. The van der Waals surface area contributed by atoms with E-state index in [0.29, 0.717) is 19.5 Å². The predicted octanol–water partition coefficient (Wildman–Crippen LogP) is -0.267. The molecule has 0 radical (unpaired) electrons. The van der Waals surface area contributed by atoms with Crippen LogP contribution in [0, 0.1) is 0 Å². The Labute approximate surface area is 186 Å². The second kappa shape index (κ2) is 10.9. The van der Waals surface area contributed by atoms with Gasteiger partial charge in [0.15, 0.2) is 9.84 Å². The van der Waals surface area contributed by atoms with Crippen molar-refractivity contribution in [2.75, 3.05) is 58.2 Å². The van der Waals surface area contributed by atoms with Crippen LogP contribution in [0.25, 0.3) is 0 Å². The average Bonchev–Trinajstić information content (AvgIpc) is 2.69. The van der Waals surface area contributed by atoms with Gasteiger partial charge in [0, 0.05) is 26.5 Å². The fourth-order valence-electron chi connectivity index (χ4n) is 3.11. The fraction of sp³-hybridized carbons (Fsp3) is 0.611. The Morgan fingerprint density at radius 1 is 1.39 bits per heavy atom. The number of methoxy groups -OCH3 is 2. The number of nitrogens with two attached hydrogens (primary N) is 1. The molecule has 2 atom stereocenters. The van der Waals surface area contributed by atoms with Crippen LogP contribution in [0.4, 0.5) is 5.82 Å². The molecule has 1 saturated heterocycles. The van der Waals surface area contributed by atoms with Crippen molar-refractivity contribution in [3.8, 4) is 5.88 Å². The minimum atomic E-state index is -3.20. The molecule has 0 aromatic carbocycles. The number of halogens is 1. The molecule has 1 amide bonds. The summed E-state index contributed by atoms with van der Waals surface area (Å²) in [4.78, 5) is 30.5. The van der Waals surface area contributed by atoms with E-state index in [0.717, 1.165) is 6.26 Å². The van der Waals surface area contributed by atoms with Gasteiger partial charge < -0.3 is 25.3 Å². The number of hydrogen-bond acceptors (Lipinski definition) is 10. The Morgan fingerprint density at radius 3 is 2.71 bits per heavy atom. The van der Waals surface area contributed by atoms with Gasteiger partial charge in [0.2, 0.25) is 5.88 Å². The average molecular weight is 479 g/mol. The SMILES string of the molecule is COc1nc(N)c(Cl)cc1C(=O)N[C@H]1CCN(CC(=O)OCCS(C)(=O)=O)C[C@H]1OC. The van der Waals surface area contributed by atoms with Gasteiger partial charge in [-0.1, -0.05) is 11.6 Å². The molecule has 174 valence electrons. The van der Waals surface area contributed by atoms with Crippen LogP contribution in [0.3, 0.4) is 0 Å². The monoisotopic (exact) mass is 478 g/mol. The van der Waals surface area contributed by atoms with Gasteiger partial charge in [-0.15, -0.1) is 0 Å². The Morgan fingerprint density at radius 2 is 2.10 bits per heavy atom. The Balaban J connectivity index is 1.94. The molecule has 1 aromatic rings. The third-order valence-electron chi connectivity index (χ3n) is 4.74. The Hall–Kier alpha value is -2.15. The molecule has 2 heterocycles. The number of pyridine rings is 1. The van der Waals surface area contributed by atoms with Crippen LogP contribution in [-0.2, 0) is 24.1 Å². The first kappa shape index (κ1) is 25.1. The van der Waals surface area contributed by atoms with Crippen LogP contribution >= 0.6 is 11.6 Å². The summed E-state index contributed by atoms with van der Waals surface area (Å²) in [6.07, 6.45) is 1.21. The number of anilines is 1. The number of esters is 1. The highest BCUT2D eigenvalue weighted by atomic mass is 35.5. The number of nitrogens with one attached hydrogen (secondary N) is 1. The number of likely N-dealkylation sites (tertiary alicyclic amines) is 1. The molecule has 0 saturated carbocycles. The Kier molecular flexibility index (Phi) is 8.86. The van der Waals surface area contributed by atoms with Crippen molar-refractivity contribution in [2.24, 2.45) is 0 Å². The van der Waals surface area contributed by atoms with Crippen LogP contribution in [-0.4, -0.2) is 94.8 Å². The van der Waals surface area contributed by atoms with Crippen LogP contribution < -0.4 is 15.8 Å². The van der Waals surface area contributed by atoms with E-state index in [1.807, 2.05) is 4.90 Å². The van der Waals surface area contributed by atoms with Crippen molar-refractivity contribution in [1.29, 1.82) is 0 Å².